The van der Waals surface area contributed by atoms with Crippen LogP contribution in [0.4, 0.5) is 24.5 Å². The Labute approximate surface area is 170 Å². The van der Waals surface area contributed by atoms with E-state index in [1.165, 1.54) is 21.9 Å². The molecular weight excluding hydrogens is 399 g/mol. The minimum Gasteiger partial charge on any atom is -0.327 e. The van der Waals surface area contributed by atoms with Crippen LogP contribution in [0, 0.1) is 0 Å². The van der Waals surface area contributed by atoms with Crippen molar-refractivity contribution in [3.63, 3.8) is 0 Å². The van der Waals surface area contributed by atoms with E-state index in [0.29, 0.717) is 30.6 Å². The highest BCUT2D eigenvalue weighted by molar-refractivity contribution is 6.13. The van der Waals surface area contributed by atoms with Gasteiger partial charge in [0.05, 0.1) is 16.8 Å². The van der Waals surface area contributed by atoms with Crippen LogP contribution in [0.3, 0.4) is 0 Å². The number of benzene rings is 2. The Kier molecular flexibility index (Phi) is 4.97. The van der Waals surface area contributed by atoms with Gasteiger partial charge in [0.1, 0.15) is 12.6 Å². The summed E-state index contributed by atoms with van der Waals surface area (Å²) in [5.74, 6) is -1.29. The van der Waals surface area contributed by atoms with E-state index < -0.39 is 30.2 Å². The van der Waals surface area contributed by atoms with Gasteiger partial charge < -0.3 is 15.1 Å². The van der Waals surface area contributed by atoms with Gasteiger partial charge in [0.25, 0.3) is 5.91 Å². The van der Waals surface area contributed by atoms with E-state index in [-0.39, 0.29) is 17.5 Å². The lowest BCUT2D eigenvalue weighted by molar-refractivity contribution is -0.137. The molecular formula is C21H18F3N3O3. The fourth-order valence-electron chi connectivity index (χ4n) is 3.89. The Morgan fingerprint density at radius 1 is 1.10 bits per heavy atom. The van der Waals surface area contributed by atoms with E-state index in [0.717, 1.165) is 12.1 Å². The van der Waals surface area contributed by atoms with Gasteiger partial charge >= 0.3 is 6.18 Å². The normalized spacial score (nSPS) is 18.7. The van der Waals surface area contributed by atoms with Crippen LogP contribution in [-0.2, 0) is 15.8 Å². The van der Waals surface area contributed by atoms with E-state index in [1.807, 2.05) is 0 Å². The van der Waals surface area contributed by atoms with Gasteiger partial charge in [-0.2, -0.15) is 13.2 Å². The summed E-state index contributed by atoms with van der Waals surface area (Å²) >= 11 is 0. The molecule has 156 valence electrons. The molecule has 6 nitrogen and oxygen atoms in total. The maximum atomic E-state index is 13.1. The second-order valence-electron chi connectivity index (χ2n) is 7.22. The predicted molar refractivity (Wildman–Crippen MR) is 103 cm³/mol. The average molecular weight is 417 g/mol. The largest absolute Gasteiger partial charge is 0.416 e. The molecule has 2 heterocycles. The van der Waals surface area contributed by atoms with Crippen molar-refractivity contribution < 1.29 is 27.6 Å². The molecule has 3 amide bonds. The molecule has 1 saturated heterocycles. The van der Waals surface area contributed by atoms with E-state index in [4.69, 9.17) is 0 Å². The molecule has 0 spiro atoms. The Morgan fingerprint density at radius 3 is 2.63 bits per heavy atom. The molecule has 0 unspecified atom stereocenters. The Morgan fingerprint density at radius 2 is 1.87 bits per heavy atom. The number of hydrogen-bond donors (Lipinski definition) is 1. The van der Waals surface area contributed by atoms with Crippen LogP contribution < -0.4 is 10.2 Å². The summed E-state index contributed by atoms with van der Waals surface area (Å²) < 4.78 is 38.7. The summed E-state index contributed by atoms with van der Waals surface area (Å²) in [6, 6.07) is 10.2. The van der Waals surface area contributed by atoms with Crippen LogP contribution in [-0.4, -0.2) is 41.8 Å². The van der Waals surface area contributed by atoms with E-state index in [1.54, 1.807) is 24.3 Å². The number of amides is 3. The van der Waals surface area contributed by atoms with Gasteiger partial charge in [0, 0.05) is 12.2 Å². The van der Waals surface area contributed by atoms with Crippen LogP contribution in [0.2, 0.25) is 0 Å². The summed E-state index contributed by atoms with van der Waals surface area (Å²) in [5, 5.41) is 2.41. The second kappa shape index (κ2) is 7.47. The molecule has 1 N–H and O–H groups in total. The highest BCUT2D eigenvalue weighted by Gasteiger charge is 2.42. The van der Waals surface area contributed by atoms with Crippen molar-refractivity contribution >= 4 is 29.1 Å². The predicted octanol–water partition coefficient (Wildman–Crippen LogP) is 3.30. The van der Waals surface area contributed by atoms with Gasteiger partial charge in [-0.1, -0.05) is 18.2 Å². The molecule has 2 aromatic carbocycles. The molecule has 0 saturated carbocycles. The molecule has 0 aromatic heterocycles. The topological polar surface area (TPSA) is 69.7 Å². The summed E-state index contributed by atoms with van der Waals surface area (Å²) in [5.41, 5.74) is -0.268. The third-order valence-electron chi connectivity index (χ3n) is 5.27. The van der Waals surface area contributed by atoms with E-state index in [9.17, 15) is 27.6 Å². The SMILES string of the molecule is O=C(CN1C(=O)[C@H]2CCCN2C(=O)c2ccccc21)Nc1cccc(C(F)(F)F)c1. The molecule has 4 rings (SSSR count). The minimum absolute atomic E-state index is 0.0241. The number of nitrogens with zero attached hydrogens (tertiary/aromatic N) is 2. The van der Waals surface area contributed by atoms with Crippen molar-refractivity contribution in [3.05, 3.63) is 59.7 Å². The zero-order chi connectivity index (χ0) is 21.5. The number of anilines is 2. The van der Waals surface area contributed by atoms with Crippen molar-refractivity contribution in [2.24, 2.45) is 0 Å². The Balaban J connectivity index is 1.60. The summed E-state index contributed by atoms with van der Waals surface area (Å²) in [4.78, 5) is 41.3. The second-order valence-corrected chi connectivity index (χ2v) is 7.22. The quantitative estimate of drug-likeness (QED) is 0.833. The van der Waals surface area contributed by atoms with Crippen LogP contribution in [0.25, 0.3) is 0 Å². The van der Waals surface area contributed by atoms with Gasteiger partial charge in [0.15, 0.2) is 0 Å². The standard InChI is InChI=1S/C21H18F3N3O3/c22-21(23,24)13-5-3-6-14(11-13)25-18(28)12-27-16-8-2-1-7-15(16)19(29)26-10-4-9-17(26)20(27)30/h1-3,5-8,11,17H,4,9-10,12H2,(H,25,28)/t17-/m1/s1. The molecule has 0 aliphatic carbocycles. The van der Waals surface area contributed by atoms with Crippen molar-refractivity contribution in [3.8, 4) is 0 Å². The van der Waals surface area contributed by atoms with Crippen LogP contribution in [0.15, 0.2) is 48.5 Å². The van der Waals surface area contributed by atoms with Gasteiger partial charge in [-0.3, -0.25) is 14.4 Å². The minimum atomic E-state index is -4.53. The third kappa shape index (κ3) is 3.62. The van der Waals surface area contributed by atoms with Crippen LogP contribution in [0.5, 0.6) is 0 Å². The van der Waals surface area contributed by atoms with Gasteiger partial charge in [-0.25, -0.2) is 0 Å². The van der Waals surface area contributed by atoms with Gasteiger partial charge in [-0.15, -0.1) is 0 Å². The summed E-state index contributed by atoms with van der Waals surface area (Å²) in [7, 11) is 0. The first-order valence-corrected chi connectivity index (χ1v) is 9.44. The molecule has 1 fully saturated rings. The first kappa shape index (κ1) is 19.9. The van der Waals surface area contributed by atoms with Crippen molar-refractivity contribution in [2.45, 2.75) is 25.1 Å². The Hall–Kier alpha value is -3.36. The first-order valence-electron chi connectivity index (χ1n) is 9.44. The van der Waals surface area contributed by atoms with Gasteiger partial charge in [0.2, 0.25) is 11.8 Å². The molecule has 2 aliphatic rings. The molecule has 30 heavy (non-hydrogen) atoms. The number of halogens is 3. The number of carbonyl (C=O) groups excluding carboxylic acids is 3. The molecule has 0 bridgehead atoms. The highest BCUT2D eigenvalue weighted by atomic mass is 19.4. The number of rotatable bonds is 3. The lowest BCUT2D eigenvalue weighted by Gasteiger charge is -2.25. The summed E-state index contributed by atoms with van der Waals surface area (Å²) in [6.07, 6.45) is -3.34. The fourth-order valence-corrected chi connectivity index (χ4v) is 3.89. The zero-order valence-corrected chi connectivity index (χ0v) is 15.8. The molecule has 2 aliphatic heterocycles. The fraction of sp³-hybridized carbons (Fsp3) is 0.286. The number of alkyl halides is 3. The molecule has 0 radical (unpaired) electrons. The van der Waals surface area contributed by atoms with Crippen LogP contribution >= 0.6 is 0 Å². The lowest BCUT2D eigenvalue weighted by atomic mass is 10.1. The van der Waals surface area contributed by atoms with Crippen molar-refractivity contribution in [1.82, 2.24) is 4.90 Å². The third-order valence-corrected chi connectivity index (χ3v) is 5.27. The van der Waals surface area contributed by atoms with Crippen molar-refractivity contribution in [1.29, 1.82) is 0 Å². The number of nitrogens with one attached hydrogen (secondary N) is 1. The number of fused-ring (bicyclic) bond motifs is 2. The smallest absolute Gasteiger partial charge is 0.327 e. The van der Waals surface area contributed by atoms with E-state index in [2.05, 4.69) is 5.32 Å². The number of hydrogen-bond acceptors (Lipinski definition) is 3. The first-order chi connectivity index (χ1) is 14.3. The number of carbonyl (C=O) groups is 3. The lowest BCUT2D eigenvalue weighted by Crippen LogP contribution is -2.47. The maximum absolute atomic E-state index is 13.1. The molecule has 9 heteroatoms. The molecule has 2 aromatic rings. The zero-order valence-electron chi connectivity index (χ0n) is 15.8. The molecule has 1 atom stereocenters. The van der Waals surface area contributed by atoms with Crippen LogP contribution in [0.1, 0.15) is 28.8 Å². The highest BCUT2D eigenvalue weighted by Crippen LogP contribution is 2.33. The summed E-state index contributed by atoms with van der Waals surface area (Å²) in [6.45, 7) is 0.0531. The Bertz CT molecular complexity index is 1020. The maximum Gasteiger partial charge on any atom is 0.416 e. The van der Waals surface area contributed by atoms with Gasteiger partial charge in [-0.05, 0) is 43.2 Å². The average Bonchev–Trinajstić information content (AvgIpc) is 3.18. The van der Waals surface area contributed by atoms with Crippen molar-refractivity contribution in [2.75, 3.05) is 23.3 Å². The van der Waals surface area contributed by atoms with E-state index >= 15 is 0 Å². The number of para-hydroxylation sites is 1. The monoisotopic (exact) mass is 417 g/mol.